The molecule has 0 fully saturated rings. The van der Waals surface area contributed by atoms with E-state index < -0.39 is 6.04 Å². The molecule has 2 rings (SSSR count). The van der Waals surface area contributed by atoms with Crippen LogP contribution in [0, 0.1) is 12.8 Å². The van der Waals surface area contributed by atoms with Crippen LogP contribution >= 0.6 is 0 Å². The van der Waals surface area contributed by atoms with E-state index in [0.29, 0.717) is 38.5 Å². The third kappa shape index (κ3) is 8.25. The van der Waals surface area contributed by atoms with Gasteiger partial charge in [0.1, 0.15) is 17.5 Å². The molecule has 6 heteroatoms. The maximum Gasteiger partial charge on any atom is 0.242 e. The molecule has 0 aliphatic heterocycles. The van der Waals surface area contributed by atoms with Crippen molar-refractivity contribution in [1.29, 1.82) is 0 Å². The maximum absolute atomic E-state index is 13.1. The van der Waals surface area contributed by atoms with E-state index in [1.54, 1.807) is 18.9 Å². The molecule has 0 aliphatic carbocycles. The molecule has 1 atom stereocenters. The summed E-state index contributed by atoms with van der Waals surface area (Å²) in [5.74, 6) is 1.68. The molecule has 2 aromatic carbocycles. The first-order chi connectivity index (χ1) is 15.3. The zero-order valence-corrected chi connectivity index (χ0v) is 19.9. The van der Waals surface area contributed by atoms with Gasteiger partial charge in [-0.1, -0.05) is 43.7 Å². The predicted octanol–water partition coefficient (Wildman–Crippen LogP) is 4.35. The van der Waals surface area contributed by atoms with Crippen molar-refractivity contribution in [3.05, 3.63) is 59.7 Å². The lowest BCUT2D eigenvalue weighted by Crippen LogP contribution is -2.48. The topological polar surface area (TPSA) is 67.9 Å². The summed E-state index contributed by atoms with van der Waals surface area (Å²) >= 11 is 0. The molecule has 0 heterocycles. The van der Waals surface area contributed by atoms with E-state index in [4.69, 9.17) is 9.47 Å². The van der Waals surface area contributed by atoms with E-state index >= 15 is 0 Å². The second kappa shape index (κ2) is 12.7. The number of carbonyl (C=O) groups excluding carboxylic acids is 2. The van der Waals surface area contributed by atoms with E-state index in [9.17, 15) is 9.59 Å². The fourth-order valence-electron chi connectivity index (χ4n) is 3.15. The monoisotopic (exact) mass is 440 g/mol. The summed E-state index contributed by atoms with van der Waals surface area (Å²) in [6.07, 6.45) is 0.885. The molecule has 2 aromatic rings. The molecule has 32 heavy (non-hydrogen) atoms. The van der Waals surface area contributed by atoms with Crippen LogP contribution in [0.25, 0.3) is 0 Å². The van der Waals surface area contributed by atoms with Gasteiger partial charge in [0.05, 0.1) is 13.7 Å². The fraction of sp³-hybridized carbons (Fsp3) is 0.462. The maximum atomic E-state index is 13.1. The molecule has 0 aliphatic rings. The van der Waals surface area contributed by atoms with Gasteiger partial charge in [0.25, 0.3) is 0 Å². The average Bonchev–Trinajstić information content (AvgIpc) is 2.79. The van der Waals surface area contributed by atoms with Crippen molar-refractivity contribution in [2.24, 2.45) is 5.92 Å². The Bertz CT molecular complexity index is 847. The van der Waals surface area contributed by atoms with Crippen LogP contribution < -0.4 is 14.8 Å². The first kappa shape index (κ1) is 25.2. The van der Waals surface area contributed by atoms with Gasteiger partial charge in [-0.25, -0.2) is 0 Å². The van der Waals surface area contributed by atoms with Gasteiger partial charge in [0.15, 0.2) is 0 Å². The summed E-state index contributed by atoms with van der Waals surface area (Å²) < 4.78 is 11.0. The lowest BCUT2D eigenvalue weighted by atomic mass is 10.1. The van der Waals surface area contributed by atoms with Crippen LogP contribution in [-0.2, 0) is 16.1 Å². The van der Waals surface area contributed by atoms with Crippen LogP contribution in [0.2, 0.25) is 0 Å². The zero-order valence-electron chi connectivity index (χ0n) is 19.9. The highest BCUT2D eigenvalue weighted by Gasteiger charge is 2.25. The number of methoxy groups -OCH3 is 1. The van der Waals surface area contributed by atoms with E-state index in [2.05, 4.69) is 5.32 Å². The molecule has 0 saturated carbocycles. The second-order valence-electron chi connectivity index (χ2n) is 8.45. The van der Waals surface area contributed by atoms with Gasteiger partial charge in [-0.3, -0.25) is 9.59 Å². The van der Waals surface area contributed by atoms with Crippen LogP contribution in [-0.4, -0.2) is 43.0 Å². The van der Waals surface area contributed by atoms with E-state index in [1.165, 1.54) is 5.56 Å². The molecule has 6 nitrogen and oxygen atoms in total. The molecule has 0 radical (unpaired) electrons. The van der Waals surface area contributed by atoms with Crippen molar-refractivity contribution in [3.63, 3.8) is 0 Å². The molecular weight excluding hydrogens is 404 g/mol. The highest BCUT2D eigenvalue weighted by molar-refractivity contribution is 5.87. The number of ether oxygens (including phenoxy) is 2. The third-order valence-electron chi connectivity index (χ3n) is 5.19. The van der Waals surface area contributed by atoms with Crippen molar-refractivity contribution >= 4 is 11.8 Å². The quantitative estimate of drug-likeness (QED) is 0.498. The summed E-state index contributed by atoms with van der Waals surface area (Å²) in [7, 11) is 1.62. The minimum atomic E-state index is -0.568. The fourth-order valence-corrected chi connectivity index (χ4v) is 3.15. The molecule has 0 aromatic heterocycles. The van der Waals surface area contributed by atoms with E-state index in [1.807, 2.05) is 69.3 Å². The number of carbonyl (C=O) groups is 2. The minimum Gasteiger partial charge on any atom is -0.497 e. The van der Waals surface area contributed by atoms with Crippen LogP contribution in [0.3, 0.4) is 0 Å². The van der Waals surface area contributed by atoms with Gasteiger partial charge in [-0.05, 0) is 56.0 Å². The predicted molar refractivity (Wildman–Crippen MR) is 127 cm³/mol. The summed E-state index contributed by atoms with van der Waals surface area (Å²) in [5.41, 5.74) is 2.12. The average molecular weight is 441 g/mol. The van der Waals surface area contributed by atoms with Gasteiger partial charge in [0, 0.05) is 19.5 Å². The molecule has 1 unspecified atom stereocenters. The van der Waals surface area contributed by atoms with E-state index in [-0.39, 0.29) is 11.8 Å². The van der Waals surface area contributed by atoms with Crippen molar-refractivity contribution in [2.75, 3.05) is 20.3 Å². The number of nitrogens with one attached hydrogen (secondary N) is 1. The Labute approximate surface area is 191 Å². The number of benzene rings is 2. The molecule has 0 spiro atoms. The van der Waals surface area contributed by atoms with Crippen LogP contribution in [0.4, 0.5) is 0 Å². The van der Waals surface area contributed by atoms with Crippen molar-refractivity contribution in [3.8, 4) is 11.5 Å². The highest BCUT2D eigenvalue weighted by atomic mass is 16.5. The van der Waals surface area contributed by atoms with Crippen LogP contribution in [0.15, 0.2) is 48.5 Å². The summed E-state index contributed by atoms with van der Waals surface area (Å²) in [6.45, 7) is 9.27. The molecule has 0 bridgehead atoms. The number of aryl methyl sites for hydroxylation is 1. The Morgan fingerprint density at radius 3 is 2.19 bits per heavy atom. The highest BCUT2D eigenvalue weighted by Crippen LogP contribution is 2.17. The number of nitrogens with zero attached hydrogens (tertiary/aromatic N) is 1. The number of hydrogen-bond acceptors (Lipinski definition) is 4. The minimum absolute atomic E-state index is 0.0690. The molecule has 0 saturated heterocycles. The summed E-state index contributed by atoms with van der Waals surface area (Å²) in [4.78, 5) is 27.4. The Balaban J connectivity index is 1.99. The Hall–Kier alpha value is -3.02. The smallest absolute Gasteiger partial charge is 0.242 e. The number of hydrogen-bond donors (Lipinski definition) is 1. The Kier molecular flexibility index (Phi) is 10.1. The van der Waals surface area contributed by atoms with Crippen LogP contribution in [0.1, 0.15) is 44.7 Å². The molecule has 1 N–H and O–H groups in total. The summed E-state index contributed by atoms with van der Waals surface area (Å²) in [5, 5.41) is 2.94. The van der Waals surface area contributed by atoms with Gasteiger partial charge in [-0.15, -0.1) is 0 Å². The van der Waals surface area contributed by atoms with Crippen molar-refractivity contribution < 1.29 is 19.1 Å². The molecular formula is C26H36N2O4. The van der Waals surface area contributed by atoms with E-state index in [0.717, 1.165) is 17.1 Å². The Morgan fingerprint density at radius 2 is 1.59 bits per heavy atom. The standard InChI is InChI=1S/C26H36N2O4/c1-19(2)17-27-26(30)21(4)28(18-22-10-14-23(31-5)15-11-22)25(29)7-6-16-32-24-12-8-20(3)9-13-24/h8-15,19,21H,6-7,16-18H2,1-5H3,(H,27,30). The lowest BCUT2D eigenvalue weighted by Gasteiger charge is -2.29. The zero-order chi connectivity index (χ0) is 23.5. The van der Waals surface area contributed by atoms with Crippen molar-refractivity contribution in [1.82, 2.24) is 10.2 Å². The normalized spacial score (nSPS) is 11.7. The largest absolute Gasteiger partial charge is 0.497 e. The van der Waals surface area contributed by atoms with Gasteiger partial charge in [0.2, 0.25) is 11.8 Å². The lowest BCUT2D eigenvalue weighted by molar-refractivity contribution is -0.140. The van der Waals surface area contributed by atoms with Crippen molar-refractivity contribution in [2.45, 2.75) is 53.1 Å². The second-order valence-corrected chi connectivity index (χ2v) is 8.45. The van der Waals surface area contributed by atoms with Gasteiger partial charge in [-0.2, -0.15) is 0 Å². The SMILES string of the molecule is COc1ccc(CN(C(=O)CCCOc2ccc(C)cc2)C(C)C(=O)NCC(C)C)cc1. The number of rotatable bonds is 12. The van der Waals surface area contributed by atoms with Gasteiger partial charge >= 0.3 is 0 Å². The first-order valence-corrected chi connectivity index (χ1v) is 11.2. The summed E-state index contributed by atoms with van der Waals surface area (Å²) in [6, 6.07) is 14.8. The molecule has 2 amide bonds. The third-order valence-corrected chi connectivity index (χ3v) is 5.19. The van der Waals surface area contributed by atoms with Crippen LogP contribution in [0.5, 0.6) is 11.5 Å². The number of amides is 2. The molecule has 174 valence electrons. The van der Waals surface area contributed by atoms with Gasteiger partial charge < -0.3 is 19.7 Å². The first-order valence-electron chi connectivity index (χ1n) is 11.2. The Morgan fingerprint density at radius 1 is 0.969 bits per heavy atom.